The molecule has 1 fully saturated rings. The molecule has 1 aromatic carbocycles. The lowest BCUT2D eigenvalue weighted by atomic mass is 9.76. The molecule has 0 bridgehead atoms. The van der Waals surface area contributed by atoms with Crippen molar-refractivity contribution in [3.05, 3.63) is 29.8 Å². The lowest BCUT2D eigenvalue weighted by Crippen LogP contribution is -2.38. The molecule has 1 aliphatic carbocycles. The lowest BCUT2D eigenvalue weighted by Gasteiger charge is -2.35. The van der Waals surface area contributed by atoms with E-state index in [0.29, 0.717) is 15.7 Å². The maximum absolute atomic E-state index is 11.8. The normalized spacial score (nSPS) is 22.6. The van der Waals surface area contributed by atoms with Gasteiger partial charge in [0.15, 0.2) is 0 Å². The molecule has 1 aliphatic rings. The van der Waals surface area contributed by atoms with Gasteiger partial charge in [-0.1, -0.05) is 12.1 Å². The monoisotopic (exact) mass is 332 g/mol. The average molecular weight is 332 g/mol. The van der Waals surface area contributed by atoms with Crippen molar-refractivity contribution >= 4 is 25.7 Å². The Morgan fingerprint density at radius 1 is 1.10 bits per heavy atom. The van der Waals surface area contributed by atoms with Gasteiger partial charge in [0.1, 0.15) is 0 Å². The third-order valence-corrected chi connectivity index (χ3v) is 6.95. The molecule has 0 aromatic heterocycles. The van der Waals surface area contributed by atoms with Gasteiger partial charge < -0.3 is 5.32 Å². The molecule has 8 heteroatoms. The van der Waals surface area contributed by atoms with Crippen LogP contribution >= 0.6 is 0 Å². The fourth-order valence-electron chi connectivity index (χ4n) is 2.65. The van der Waals surface area contributed by atoms with E-state index in [2.05, 4.69) is 5.32 Å². The SMILES string of the molecule is CNC1CC(c2cccc(N(S(C)(=O)=O)S(C)(=O)=O)c2)C1. The van der Waals surface area contributed by atoms with E-state index in [4.69, 9.17) is 0 Å². The molecule has 1 saturated carbocycles. The first kappa shape index (κ1) is 16.3. The van der Waals surface area contributed by atoms with Crippen LogP contribution in [0.3, 0.4) is 0 Å². The van der Waals surface area contributed by atoms with Crippen LogP contribution in [0, 0.1) is 0 Å². The molecule has 0 saturated heterocycles. The topological polar surface area (TPSA) is 83.6 Å². The Hall–Kier alpha value is -1.12. The van der Waals surface area contributed by atoms with Crippen molar-refractivity contribution in [2.24, 2.45) is 0 Å². The van der Waals surface area contributed by atoms with Crippen molar-refractivity contribution in [1.29, 1.82) is 0 Å². The van der Waals surface area contributed by atoms with Crippen LogP contribution < -0.4 is 9.03 Å². The molecule has 0 aliphatic heterocycles. The highest BCUT2D eigenvalue weighted by Gasteiger charge is 2.31. The third kappa shape index (κ3) is 3.56. The molecule has 0 amide bonds. The van der Waals surface area contributed by atoms with Crippen LogP contribution in [0.1, 0.15) is 24.3 Å². The molecule has 0 heterocycles. The molecule has 1 N–H and O–H groups in total. The minimum absolute atomic E-state index is 0.172. The van der Waals surface area contributed by atoms with Gasteiger partial charge >= 0.3 is 0 Å². The quantitative estimate of drug-likeness (QED) is 0.865. The van der Waals surface area contributed by atoms with E-state index in [1.165, 1.54) is 6.07 Å². The molecule has 0 atom stereocenters. The highest BCUT2D eigenvalue weighted by Crippen LogP contribution is 2.38. The van der Waals surface area contributed by atoms with Gasteiger partial charge in [0, 0.05) is 6.04 Å². The van der Waals surface area contributed by atoms with Crippen molar-refractivity contribution in [3.8, 4) is 0 Å². The maximum Gasteiger partial charge on any atom is 0.245 e. The Labute approximate surface area is 126 Å². The van der Waals surface area contributed by atoms with Crippen LogP contribution in [-0.4, -0.2) is 42.4 Å². The van der Waals surface area contributed by atoms with E-state index in [1.807, 2.05) is 13.1 Å². The Morgan fingerprint density at radius 2 is 1.67 bits per heavy atom. The smallest absolute Gasteiger partial charge is 0.245 e. The van der Waals surface area contributed by atoms with Crippen molar-refractivity contribution < 1.29 is 16.8 Å². The fraction of sp³-hybridized carbons (Fsp3) is 0.538. The van der Waals surface area contributed by atoms with Gasteiger partial charge in [0.2, 0.25) is 20.0 Å². The van der Waals surface area contributed by atoms with Gasteiger partial charge in [-0.2, -0.15) is 3.71 Å². The minimum atomic E-state index is -3.89. The Morgan fingerprint density at radius 3 is 2.14 bits per heavy atom. The van der Waals surface area contributed by atoms with Crippen LogP contribution in [0.4, 0.5) is 5.69 Å². The zero-order valence-electron chi connectivity index (χ0n) is 12.3. The molecular formula is C13H20N2O4S2. The number of nitrogens with zero attached hydrogens (tertiary/aromatic N) is 1. The second kappa shape index (κ2) is 5.58. The van der Waals surface area contributed by atoms with Crippen molar-refractivity contribution in [3.63, 3.8) is 0 Å². The first-order valence-electron chi connectivity index (χ1n) is 6.60. The number of nitrogens with one attached hydrogen (secondary N) is 1. The minimum Gasteiger partial charge on any atom is -0.317 e. The summed E-state index contributed by atoms with van der Waals surface area (Å²) in [6, 6.07) is 7.22. The molecule has 0 spiro atoms. The molecule has 0 unspecified atom stereocenters. The maximum atomic E-state index is 11.8. The summed E-state index contributed by atoms with van der Waals surface area (Å²) < 4.78 is 47.6. The molecule has 1 aromatic rings. The second-order valence-electron chi connectivity index (χ2n) is 5.47. The highest BCUT2D eigenvalue weighted by molar-refractivity contribution is 8.09. The first-order valence-corrected chi connectivity index (χ1v) is 10.3. The standard InChI is InChI=1S/C13H20N2O4S2/c1-14-12-7-11(8-12)10-5-4-6-13(9-10)15(20(2,16)17)21(3,18)19/h4-6,9,11-12,14H,7-8H2,1-3H3. The predicted molar refractivity (Wildman–Crippen MR) is 83.4 cm³/mol. The Bertz CT molecular complexity index is 690. The van der Waals surface area contributed by atoms with Gasteiger partial charge in [0.05, 0.1) is 18.2 Å². The average Bonchev–Trinajstić information content (AvgIpc) is 2.24. The predicted octanol–water partition coefficient (Wildman–Crippen LogP) is 0.878. The lowest BCUT2D eigenvalue weighted by molar-refractivity contribution is 0.307. The van der Waals surface area contributed by atoms with Crippen molar-refractivity contribution in [2.75, 3.05) is 23.3 Å². The van der Waals surface area contributed by atoms with Crippen LogP contribution in [-0.2, 0) is 20.0 Å². The van der Waals surface area contributed by atoms with E-state index in [9.17, 15) is 16.8 Å². The summed E-state index contributed by atoms with van der Waals surface area (Å²) in [6.07, 6.45) is 3.72. The Balaban J connectivity index is 2.36. The molecule has 6 nitrogen and oxygen atoms in total. The van der Waals surface area contributed by atoms with E-state index >= 15 is 0 Å². The van der Waals surface area contributed by atoms with Crippen molar-refractivity contribution in [2.45, 2.75) is 24.8 Å². The summed E-state index contributed by atoms with van der Waals surface area (Å²) >= 11 is 0. The Kier molecular flexibility index (Phi) is 4.32. The van der Waals surface area contributed by atoms with Gasteiger partial charge in [-0.05, 0) is 43.5 Å². The largest absolute Gasteiger partial charge is 0.317 e. The van der Waals surface area contributed by atoms with Gasteiger partial charge in [-0.15, -0.1) is 0 Å². The fourth-order valence-corrected chi connectivity index (χ4v) is 5.61. The van der Waals surface area contributed by atoms with Crippen LogP contribution in [0.15, 0.2) is 24.3 Å². The third-order valence-electron chi connectivity index (χ3n) is 3.70. The number of rotatable bonds is 5. The summed E-state index contributed by atoms with van der Waals surface area (Å²) in [5.41, 5.74) is 1.14. The van der Waals surface area contributed by atoms with E-state index in [-0.39, 0.29) is 5.69 Å². The molecule has 118 valence electrons. The first-order chi connectivity index (χ1) is 9.63. The second-order valence-corrected chi connectivity index (χ2v) is 9.37. The van der Waals surface area contributed by atoms with E-state index < -0.39 is 20.0 Å². The van der Waals surface area contributed by atoms with Gasteiger partial charge in [0.25, 0.3) is 0 Å². The summed E-state index contributed by atoms with van der Waals surface area (Å²) in [5.74, 6) is 0.336. The van der Waals surface area contributed by atoms with Gasteiger partial charge in [-0.25, -0.2) is 16.8 Å². The number of hydrogen-bond donors (Lipinski definition) is 1. The van der Waals surface area contributed by atoms with Crippen molar-refractivity contribution in [1.82, 2.24) is 5.32 Å². The van der Waals surface area contributed by atoms with E-state index in [1.54, 1.807) is 12.1 Å². The molecule has 2 rings (SSSR count). The number of sulfonamides is 2. The van der Waals surface area contributed by atoms with Crippen LogP contribution in [0.25, 0.3) is 0 Å². The van der Waals surface area contributed by atoms with Crippen LogP contribution in [0.5, 0.6) is 0 Å². The van der Waals surface area contributed by atoms with Gasteiger partial charge in [-0.3, -0.25) is 0 Å². The number of hydrogen-bond acceptors (Lipinski definition) is 5. The number of benzene rings is 1. The molecule has 21 heavy (non-hydrogen) atoms. The summed E-state index contributed by atoms with van der Waals surface area (Å²) in [6.45, 7) is 0. The zero-order valence-corrected chi connectivity index (χ0v) is 13.9. The zero-order chi connectivity index (χ0) is 15.8. The summed E-state index contributed by atoms with van der Waals surface area (Å²) in [5, 5.41) is 3.18. The summed E-state index contributed by atoms with van der Waals surface area (Å²) in [7, 11) is -5.87. The van der Waals surface area contributed by atoms with Crippen LogP contribution in [0.2, 0.25) is 0 Å². The molecular weight excluding hydrogens is 312 g/mol. The number of anilines is 1. The van der Waals surface area contributed by atoms with E-state index in [0.717, 1.165) is 30.9 Å². The molecule has 0 radical (unpaired) electrons. The highest BCUT2D eigenvalue weighted by atomic mass is 32.3. The summed E-state index contributed by atoms with van der Waals surface area (Å²) in [4.78, 5) is 0.